The molecular weight excluding hydrogens is 460 g/mol. The molecule has 2 aromatic rings. The van der Waals surface area contributed by atoms with Crippen molar-refractivity contribution in [3.8, 4) is 0 Å². The van der Waals surface area contributed by atoms with Crippen LogP contribution in [0.2, 0.25) is 0 Å². The van der Waals surface area contributed by atoms with Gasteiger partial charge in [0.25, 0.3) is 0 Å². The number of benzene rings is 1. The van der Waals surface area contributed by atoms with Gasteiger partial charge in [0.2, 0.25) is 0 Å². The van der Waals surface area contributed by atoms with Gasteiger partial charge in [-0.2, -0.15) is 0 Å². The molecule has 1 fully saturated rings. The number of aliphatic hydroxyl groups excluding tert-OH is 3. The molecular formula is C17H20BF5N5O5-. The lowest BCUT2D eigenvalue weighted by Gasteiger charge is -2.24. The number of hydrogen-bond donors (Lipinski definition) is 4. The summed E-state index contributed by atoms with van der Waals surface area (Å²) >= 11 is 0. The highest BCUT2D eigenvalue weighted by Gasteiger charge is 2.44. The second kappa shape index (κ2) is 10.0. The average Bonchev–Trinajstić information content (AvgIpc) is 3.28. The van der Waals surface area contributed by atoms with Crippen molar-refractivity contribution in [3.05, 3.63) is 52.8 Å². The zero-order valence-electron chi connectivity index (χ0n) is 16.8. The van der Waals surface area contributed by atoms with E-state index in [0.717, 1.165) is 0 Å². The van der Waals surface area contributed by atoms with Crippen LogP contribution in [0.25, 0.3) is 5.82 Å². The smallest absolute Gasteiger partial charge is 0.418 e. The molecule has 5 N–H and O–H groups in total. The summed E-state index contributed by atoms with van der Waals surface area (Å²) in [5.74, 6) is -0.159. The first kappa shape index (κ1) is 24.8. The molecule has 0 bridgehead atoms. The van der Waals surface area contributed by atoms with Gasteiger partial charge in [-0.15, -0.1) is 0 Å². The largest absolute Gasteiger partial charge is 0.673 e. The third-order valence-corrected chi connectivity index (χ3v) is 4.70. The van der Waals surface area contributed by atoms with Gasteiger partial charge in [-0.3, -0.25) is 9.40 Å². The zero-order chi connectivity index (χ0) is 24.3. The van der Waals surface area contributed by atoms with Crippen molar-refractivity contribution < 1.29 is 46.5 Å². The molecule has 1 saturated heterocycles. The van der Waals surface area contributed by atoms with E-state index in [1.54, 1.807) is 12.1 Å². The van der Waals surface area contributed by atoms with Crippen LogP contribution >= 0.6 is 0 Å². The molecule has 33 heavy (non-hydrogen) atoms. The van der Waals surface area contributed by atoms with E-state index in [1.165, 1.54) is 28.1 Å². The maximum atomic E-state index is 13.3. The van der Waals surface area contributed by atoms with Crippen molar-refractivity contribution in [1.82, 2.24) is 14.6 Å². The number of fused-ring (bicyclic) bond motifs is 1. The fourth-order valence-corrected chi connectivity index (χ4v) is 3.20. The molecule has 16 heteroatoms. The molecule has 1 aromatic heterocycles. The minimum atomic E-state index is -6.00. The fraction of sp³-hybridized carbons (Fsp3) is 0.412. The summed E-state index contributed by atoms with van der Waals surface area (Å²) in [6, 6.07) is 6.01. The van der Waals surface area contributed by atoms with Gasteiger partial charge in [0.05, 0.1) is 12.9 Å². The molecule has 0 spiro atoms. The standard InChI is InChI=1S/C17H20FN5O5.BF4/c18-10-3-1-2-9(4-10)6-27-23-8-21-16-12(15(23)19)20-7-22(16)17-14(26)13(25)11(5-24)28-17;2-1(3,4)5/h1-4,7,11,13-14,17,24-26H,5-6,8,19H2;/q;-1/t11-,13-,14-,17-;/m1./s1. The summed E-state index contributed by atoms with van der Waals surface area (Å²) in [5.41, 5.74) is 7.12. The van der Waals surface area contributed by atoms with Crippen LogP contribution in [0.4, 0.5) is 21.7 Å². The van der Waals surface area contributed by atoms with E-state index in [0.29, 0.717) is 16.4 Å². The Morgan fingerprint density at radius 3 is 2.52 bits per heavy atom. The number of hydroxylamine groups is 2. The topological polar surface area (TPSA) is 139 Å². The summed E-state index contributed by atoms with van der Waals surface area (Å²) in [7, 11) is -6.00. The highest BCUT2D eigenvalue weighted by Crippen LogP contribution is 2.27. The van der Waals surface area contributed by atoms with Crippen molar-refractivity contribution in [2.45, 2.75) is 31.1 Å². The summed E-state index contributed by atoms with van der Waals surface area (Å²) in [6.07, 6.45) is -2.97. The Balaban J connectivity index is 0.000000555. The maximum Gasteiger partial charge on any atom is 0.673 e. The van der Waals surface area contributed by atoms with E-state index in [4.69, 9.17) is 15.3 Å². The van der Waals surface area contributed by atoms with Crippen molar-refractivity contribution in [2.24, 2.45) is 10.7 Å². The summed E-state index contributed by atoms with van der Waals surface area (Å²) in [5, 5.41) is 31.0. The lowest BCUT2D eigenvalue weighted by Crippen LogP contribution is -2.47. The molecule has 0 unspecified atom stereocenters. The average molecular weight is 480 g/mol. The summed E-state index contributed by atoms with van der Waals surface area (Å²) in [6.45, 7) is -0.286. The van der Waals surface area contributed by atoms with E-state index in [9.17, 15) is 37.0 Å². The molecule has 4 atom stereocenters. The van der Waals surface area contributed by atoms with Gasteiger partial charge in [-0.1, -0.05) is 12.1 Å². The van der Waals surface area contributed by atoms with Crippen LogP contribution in [0.3, 0.4) is 0 Å². The van der Waals surface area contributed by atoms with E-state index < -0.39 is 38.4 Å². The Morgan fingerprint density at radius 1 is 1.21 bits per heavy atom. The quantitative estimate of drug-likeness (QED) is 0.316. The number of halogens is 5. The van der Waals surface area contributed by atoms with Crippen LogP contribution in [-0.2, 0) is 16.2 Å². The zero-order valence-corrected chi connectivity index (χ0v) is 16.8. The number of aromatic nitrogens is 2. The van der Waals surface area contributed by atoms with Gasteiger partial charge in [-0.25, -0.2) is 19.4 Å². The Morgan fingerprint density at radius 2 is 1.91 bits per heavy atom. The van der Waals surface area contributed by atoms with E-state index in [2.05, 4.69) is 9.98 Å². The number of nitrogens with zero attached hydrogens (tertiary/aromatic N) is 4. The van der Waals surface area contributed by atoms with Crippen LogP contribution in [0, 0.1) is 5.82 Å². The molecule has 4 rings (SSSR count). The van der Waals surface area contributed by atoms with Crippen molar-refractivity contribution in [2.75, 3.05) is 13.3 Å². The SMILES string of the molecule is F[B-](F)(F)F.NC1=c2ncn([C@@H]3O[C@H](CO)[C@@H](O)[C@H]3O)c2=NCN1OCc1cccc(F)c1. The summed E-state index contributed by atoms with van der Waals surface area (Å²) < 4.78 is 59.2. The molecule has 0 aliphatic carbocycles. The van der Waals surface area contributed by atoms with Gasteiger partial charge < -0.3 is 43.1 Å². The van der Waals surface area contributed by atoms with Gasteiger partial charge >= 0.3 is 7.25 Å². The minimum Gasteiger partial charge on any atom is -0.418 e. The lowest BCUT2D eigenvalue weighted by atomic mass is 10.1. The molecule has 2 aliphatic heterocycles. The highest BCUT2D eigenvalue weighted by atomic mass is 19.5. The maximum absolute atomic E-state index is 13.3. The predicted molar refractivity (Wildman–Crippen MR) is 102 cm³/mol. The van der Waals surface area contributed by atoms with Crippen LogP contribution in [0.1, 0.15) is 11.8 Å². The van der Waals surface area contributed by atoms with Gasteiger partial charge in [0, 0.05) is 0 Å². The first-order chi connectivity index (χ1) is 15.5. The second-order valence-electron chi connectivity index (χ2n) is 7.01. The number of hydrogen-bond acceptors (Lipinski definition) is 9. The van der Waals surface area contributed by atoms with Crippen LogP contribution in [0.5, 0.6) is 0 Å². The Kier molecular flexibility index (Phi) is 7.53. The molecule has 182 valence electrons. The normalized spacial score (nSPS) is 24.7. The number of aliphatic hydroxyl groups is 3. The Labute approximate surface area is 183 Å². The highest BCUT2D eigenvalue weighted by molar-refractivity contribution is 6.50. The Bertz CT molecular complexity index is 1080. The summed E-state index contributed by atoms with van der Waals surface area (Å²) in [4.78, 5) is 14.2. The molecule has 0 saturated carbocycles. The van der Waals surface area contributed by atoms with Crippen molar-refractivity contribution >= 4 is 13.1 Å². The molecule has 0 amide bonds. The van der Waals surface area contributed by atoms with Crippen LogP contribution < -0.4 is 16.6 Å². The molecule has 3 heterocycles. The van der Waals surface area contributed by atoms with Gasteiger partial charge in [0.15, 0.2) is 17.5 Å². The molecule has 2 aliphatic rings. The van der Waals surface area contributed by atoms with Crippen LogP contribution in [-0.4, -0.2) is 68.8 Å². The van der Waals surface area contributed by atoms with E-state index in [1.807, 2.05) is 0 Å². The van der Waals surface area contributed by atoms with E-state index >= 15 is 0 Å². The van der Waals surface area contributed by atoms with Gasteiger partial charge in [0.1, 0.15) is 42.8 Å². The monoisotopic (exact) mass is 480 g/mol. The van der Waals surface area contributed by atoms with E-state index in [-0.39, 0.29) is 24.9 Å². The predicted octanol–water partition coefficient (Wildman–Crippen LogP) is -1.02. The number of imidazole rings is 1. The molecule has 0 radical (unpaired) electrons. The minimum absolute atomic E-state index is 0.0502. The first-order valence-electron chi connectivity index (χ1n) is 9.51. The number of rotatable bonds is 5. The molecule has 10 nitrogen and oxygen atoms in total. The van der Waals surface area contributed by atoms with Crippen LogP contribution in [0.15, 0.2) is 35.6 Å². The third kappa shape index (κ3) is 5.97. The fourth-order valence-electron chi connectivity index (χ4n) is 3.20. The molecule has 1 aromatic carbocycles. The number of nitrogens with two attached hydrogens (primary N) is 1. The van der Waals surface area contributed by atoms with Crippen molar-refractivity contribution in [1.29, 1.82) is 0 Å². The number of ether oxygens (including phenoxy) is 1. The van der Waals surface area contributed by atoms with Crippen molar-refractivity contribution in [3.63, 3.8) is 0 Å². The third-order valence-electron chi connectivity index (χ3n) is 4.70. The van der Waals surface area contributed by atoms with Gasteiger partial charge in [-0.05, 0) is 17.7 Å². The second-order valence-corrected chi connectivity index (χ2v) is 7.01. The Hall–Kier alpha value is -2.79. The first-order valence-corrected chi connectivity index (χ1v) is 9.51. The lowest BCUT2D eigenvalue weighted by molar-refractivity contribution is -0.124.